The highest BCUT2D eigenvalue weighted by atomic mass is 32.2. The van der Waals surface area contributed by atoms with Crippen LogP contribution < -0.4 is 10.0 Å². The number of nitrogens with one attached hydrogen (secondary N) is 2. The molecule has 1 aromatic heterocycles. The SMILES string of the molecule is CSCCCNS(=O)(=O)c1cc(CNC(C)C)sc1C. The van der Waals surface area contributed by atoms with Crippen LogP contribution in [0.25, 0.3) is 0 Å². The van der Waals surface area contributed by atoms with Gasteiger partial charge in [0.05, 0.1) is 4.90 Å². The van der Waals surface area contributed by atoms with Gasteiger partial charge in [-0.15, -0.1) is 11.3 Å². The molecule has 0 unspecified atom stereocenters. The van der Waals surface area contributed by atoms with Crippen LogP contribution in [0.3, 0.4) is 0 Å². The topological polar surface area (TPSA) is 58.2 Å². The van der Waals surface area contributed by atoms with Crippen molar-refractivity contribution in [3.05, 3.63) is 15.8 Å². The fourth-order valence-corrected chi connectivity index (χ4v) is 4.77. The zero-order valence-electron chi connectivity index (χ0n) is 12.5. The van der Waals surface area contributed by atoms with Crippen LogP contribution in [0.4, 0.5) is 0 Å². The summed E-state index contributed by atoms with van der Waals surface area (Å²) in [6.07, 6.45) is 2.87. The van der Waals surface area contributed by atoms with Crippen LogP contribution in [0.5, 0.6) is 0 Å². The lowest BCUT2D eigenvalue weighted by atomic mass is 10.3. The number of rotatable bonds is 9. The molecule has 0 aromatic carbocycles. The maximum atomic E-state index is 12.2. The van der Waals surface area contributed by atoms with E-state index in [1.54, 1.807) is 29.2 Å². The summed E-state index contributed by atoms with van der Waals surface area (Å²) in [4.78, 5) is 2.33. The first-order valence-corrected chi connectivity index (χ1v) is 10.4. The molecule has 0 saturated heterocycles. The van der Waals surface area contributed by atoms with Gasteiger partial charge in [-0.05, 0) is 31.4 Å². The lowest BCUT2D eigenvalue weighted by Crippen LogP contribution is -2.25. The molecule has 1 rings (SSSR count). The third-order valence-corrected chi connectivity index (χ3v) is 6.18. The zero-order chi connectivity index (χ0) is 15.2. The van der Waals surface area contributed by atoms with Crippen molar-refractivity contribution in [2.24, 2.45) is 0 Å². The van der Waals surface area contributed by atoms with E-state index in [0.717, 1.165) is 21.9 Å². The van der Waals surface area contributed by atoms with E-state index in [4.69, 9.17) is 0 Å². The standard InChI is InChI=1S/C13H24N2O2S3/c1-10(2)14-9-12-8-13(11(3)19-12)20(16,17)15-6-5-7-18-4/h8,10,14-15H,5-7,9H2,1-4H3. The average Bonchev–Trinajstić information content (AvgIpc) is 2.74. The molecule has 0 fully saturated rings. The molecule has 7 heteroatoms. The van der Waals surface area contributed by atoms with Crippen molar-refractivity contribution >= 4 is 33.1 Å². The Kier molecular flexibility index (Phi) is 7.53. The molecule has 0 spiro atoms. The van der Waals surface area contributed by atoms with Crippen molar-refractivity contribution in [2.75, 3.05) is 18.6 Å². The van der Waals surface area contributed by atoms with Crippen LogP contribution in [0, 0.1) is 6.92 Å². The van der Waals surface area contributed by atoms with Crippen molar-refractivity contribution in [1.29, 1.82) is 0 Å². The molecule has 4 nitrogen and oxygen atoms in total. The molecule has 0 aliphatic rings. The molecule has 2 N–H and O–H groups in total. The van der Waals surface area contributed by atoms with Gasteiger partial charge in [0, 0.05) is 28.9 Å². The predicted molar refractivity (Wildman–Crippen MR) is 89.2 cm³/mol. The second-order valence-corrected chi connectivity index (χ2v) is 8.97. The number of sulfonamides is 1. The Morgan fingerprint density at radius 1 is 1.40 bits per heavy atom. The maximum Gasteiger partial charge on any atom is 0.241 e. The summed E-state index contributed by atoms with van der Waals surface area (Å²) < 4.78 is 27.1. The predicted octanol–water partition coefficient (Wildman–Crippen LogP) is 2.59. The number of thiophene rings is 1. The number of hydrogen-bond donors (Lipinski definition) is 2. The number of aryl methyl sites for hydroxylation is 1. The molecule has 0 atom stereocenters. The van der Waals surface area contributed by atoms with Gasteiger partial charge in [0.2, 0.25) is 10.0 Å². The summed E-state index contributed by atoms with van der Waals surface area (Å²) in [5.74, 6) is 0.967. The van der Waals surface area contributed by atoms with Gasteiger partial charge in [-0.25, -0.2) is 13.1 Å². The second kappa shape index (κ2) is 8.38. The van der Waals surface area contributed by atoms with E-state index in [1.165, 1.54) is 0 Å². The highest BCUT2D eigenvalue weighted by molar-refractivity contribution is 7.98. The molecule has 1 aromatic rings. The van der Waals surface area contributed by atoms with E-state index in [0.29, 0.717) is 24.0 Å². The van der Waals surface area contributed by atoms with Crippen LogP contribution in [0.2, 0.25) is 0 Å². The maximum absolute atomic E-state index is 12.2. The number of thioether (sulfide) groups is 1. The van der Waals surface area contributed by atoms with Gasteiger partial charge in [-0.2, -0.15) is 11.8 Å². The molecule has 20 heavy (non-hydrogen) atoms. The molecule has 0 aliphatic carbocycles. The minimum absolute atomic E-state index is 0.391. The third kappa shape index (κ3) is 5.73. The summed E-state index contributed by atoms with van der Waals surface area (Å²) in [5.41, 5.74) is 0. The number of hydrogen-bond acceptors (Lipinski definition) is 5. The van der Waals surface area contributed by atoms with E-state index >= 15 is 0 Å². The van der Waals surface area contributed by atoms with Crippen LogP contribution >= 0.6 is 23.1 Å². The van der Waals surface area contributed by atoms with Crippen molar-refractivity contribution < 1.29 is 8.42 Å². The first kappa shape index (κ1) is 18.0. The normalized spacial score (nSPS) is 12.2. The Hall–Kier alpha value is -0.0800. The molecule has 1 heterocycles. The fraction of sp³-hybridized carbons (Fsp3) is 0.692. The first-order chi connectivity index (χ1) is 9.36. The average molecular weight is 337 g/mol. The molecular formula is C13H24N2O2S3. The highest BCUT2D eigenvalue weighted by Crippen LogP contribution is 2.25. The van der Waals surface area contributed by atoms with E-state index in [9.17, 15) is 8.42 Å². The van der Waals surface area contributed by atoms with Crippen molar-refractivity contribution in [2.45, 2.75) is 44.7 Å². The zero-order valence-corrected chi connectivity index (χ0v) is 15.0. The van der Waals surface area contributed by atoms with E-state index in [2.05, 4.69) is 23.9 Å². The van der Waals surface area contributed by atoms with Gasteiger partial charge in [0.15, 0.2) is 0 Å². The van der Waals surface area contributed by atoms with Gasteiger partial charge in [0.1, 0.15) is 0 Å². The van der Waals surface area contributed by atoms with Crippen LogP contribution in [0.15, 0.2) is 11.0 Å². The first-order valence-electron chi connectivity index (χ1n) is 6.68. The van der Waals surface area contributed by atoms with E-state index in [-0.39, 0.29) is 0 Å². The summed E-state index contributed by atoms with van der Waals surface area (Å²) >= 11 is 3.26. The van der Waals surface area contributed by atoms with Gasteiger partial charge in [-0.3, -0.25) is 0 Å². The lowest BCUT2D eigenvalue weighted by molar-refractivity contribution is 0.580. The Labute approximate surface area is 130 Å². The lowest BCUT2D eigenvalue weighted by Gasteiger charge is -2.06. The van der Waals surface area contributed by atoms with Crippen LogP contribution in [-0.4, -0.2) is 33.0 Å². The summed E-state index contributed by atoms with van der Waals surface area (Å²) in [7, 11) is -3.37. The Morgan fingerprint density at radius 3 is 2.70 bits per heavy atom. The summed E-state index contributed by atoms with van der Waals surface area (Å²) in [6, 6.07) is 2.17. The van der Waals surface area contributed by atoms with Gasteiger partial charge < -0.3 is 5.32 Å². The smallest absolute Gasteiger partial charge is 0.241 e. The monoisotopic (exact) mass is 336 g/mol. The summed E-state index contributed by atoms with van der Waals surface area (Å²) in [5, 5.41) is 3.31. The van der Waals surface area contributed by atoms with Gasteiger partial charge >= 0.3 is 0 Å². The molecular weight excluding hydrogens is 312 g/mol. The van der Waals surface area contributed by atoms with Gasteiger partial charge in [-0.1, -0.05) is 13.8 Å². The fourth-order valence-electron chi connectivity index (χ4n) is 1.68. The van der Waals surface area contributed by atoms with Crippen molar-refractivity contribution in [1.82, 2.24) is 10.0 Å². The molecule has 0 amide bonds. The largest absolute Gasteiger partial charge is 0.310 e. The van der Waals surface area contributed by atoms with Crippen molar-refractivity contribution in [3.63, 3.8) is 0 Å². The Bertz CT molecular complexity index is 510. The Balaban J connectivity index is 2.69. The van der Waals surface area contributed by atoms with Gasteiger partial charge in [0.25, 0.3) is 0 Å². The molecule has 116 valence electrons. The third-order valence-electron chi connectivity index (χ3n) is 2.71. The molecule has 0 saturated carbocycles. The summed E-state index contributed by atoms with van der Waals surface area (Å²) in [6.45, 7) is 7.22. The van der Waals surface area contributed by atoms with Crippen LogP contribution in [0.1, 0.15) is 30.0 Å². The van der Waals surface area contributed by atoms with Crippen molar-refractivity contribution in [3.8, 4) is 0 Å². The van der Waals surface area contributed by atoms with E-state index in [1.807, 2.05) is 13.2 Å². The van der Waals surface area contributed by atoms with E-state index < -0.39 is 10.0 Å². The minimum atomic E-state index is -3.37. The minimum Gasteiger partial charge on any atom is -0.310 e. The van der Waals surface area contributed by atoms with Crippen LogP contribution in [-0.2, 0) is 16.6 Å². The molecule has 0 bridgehead atoms. The Morgan fingerprint density at radius 2 is 2.10 bits per heavy atom. The second-order valence-electron chi connectivity index (χ2n) is 4.91. The highest BCUT2D eigenvalue weighted by Gasteiger charge is 2.19. The molecule has 0 radical (unpaired) electrons. The molecule has 0 aliphatic heterocycles. The quantitative estimate of drug-likeness (QED) is 0.681.